The van der Waals surface area contributed by atoms with Crippen molar-refractivity contribution >= 4 is 22.7 Å². The lowest BCUT2D eigenvalue weighted by molar-refractivity contribution is -0.215. The summed E-state index contributed by atoms with van der Waals surface area (Å²) in [6.07, 6.45) is 0. The number of benzene rings is 1. The van der Waals surface area contributed by atoms with E-state index in [1.807, 2.05) is 0 Å². The molecule has 9 nitrogen and oxygen atoms in total. The molecule has 118 valence electrons. The van der Waals surface area contributed by atoms with Gasteiger partial charge in [0, 0.05) is 0 Å². The van der Waals surface area contributed by atoms with E-state index in [0.717, 1.165) is 0 Å². The third-order valence-corrected chi connectivity index (χ3v) is 3.09. The lowest BCUT2D eigenvalue weighted by atomic mass is 10.0. The number of fused-ring (bicyclic) bond motifs is 1. The van der Waals surface area contributed by atoms with Gasteiger partial charge in [-0.2, -0.15) is 0 Å². The molecule has 0 saturated heterocycles. The molecule has 2 rings (SSSR count). The third-order valence-electron chi connectivity index (χ3n) is 3.09. The van der Waals surface area contributed by atoms with Gasteiger partial charge >= 0.3 is 5.97 Å². The monoisotopic (exact) mass is 309 g/mol. The summed E-state index contributed by atoms with van der Waals surface area (Å²) in [6.45, 7) is 1.64. The van der Waals surface area contributed by atoms with Gasteiger partial charge in [0.2, 0.25) is 0 Å². The van der Waals surface area contributed by atoms with E-state index in [-0.39, 0.29) is 22.8 Å². The van der Waals surface area contributed by atoms with Crippen molar-refractivity contribution in [3.63, 3.8) is 0 Å². The van der Waals surface area contributed by atoms with Crippen LogP contribution in [0.3, 0.4) is 0 Å². The van der Waals surface area contributed by atoms with Gasteiger partial charge in [-0.25, -0.2) is 25.5 Å². The molecule has 2 aromatic rings. The van der Waals surface area contributed by atoms with E-state index in [1.165, 1.54) is 21.3 Å². The van der Waals surface area contributed by atoms with Crippen LogP contribution < -0.4 is 15.0 Å². The van der Waals surface area contributed by atoms with Crippen LogP contribution in [0.2, 0.25) is 0 Å². The second kappa shape index (κ2) is 6.41. The van der Waals surface area contributed by atoms with Crippen molar-refractivity contribution in [2.75, 3.05) is 26.8 Å². The summed E-state index contributed by atoms with van der Waals surface area (Å²) in [6, 6.07) is 1.54. The standard InChI is InChI=1S/C13H15N3O6/c1-6-7(16-22-18)5-8-10(9(6)13(17)21-4)15-12(20-3)11(14-8)19-2/h5,16,18H,1-4H3. The number of methoxy groups -OCH3 is 3. The lowest BCUT2D eigenvalue weighted by Crippen LogP contribution is -2.10. The molecule has 1 aromatic carbocycles. The van der Waals surface area contributed by atoms with E-state index in [1.54, 1.807) is 13.0 Å². The van der Waals surface area contributed by atoms with Gasteiger partial charge in [-0.15, -0.1) is 4.99 Å². The fourth-order valence-corrected chi connectivity index (χ4v) is 2.03. The number of anilines is 1. The molecule has 0 saturated carbocycles. The van der Waals surface area contributed by atoms with Crippen LogP contribution in [0, 0.1) is 6.92 Å². The number of carbonyl (C=O) groups is 1. The first-order chi connectivity index (χ1) is 10.6. The third kappa shape index (κ3) is 2.59. The van der Waals surface area contributed by atoms with Crippen molar-refractivity contribution in [1.82, 2.24) is 9.97 Å². The molecule has 0 aliphatic carbocycles. The van der Waals surface area contributed by atoms with Crippen molar-refractivity contribution in [2.24, 2.45) is 0 Å². The molecule has 1 heterocycles. The van der Waals surface area contributed by atoms with Crippen molar-refractivity contribution in [2.45, 2.75) is 6.92 Å². The van der Waals surface area contributed by atoms with Gasteiger partial charge in [0.25, 0.3) is 11.8 Å². The number of ether oxygens (including phenoxy) is 3. The predicted octanol–water partition coefficient (Wildman–Crippen LogP) is 1.56. The average molecular weight is 309 g/mol. The molecule has 1 aromatic heterocycles. The molecule has 0 spiro atoms. The highest BCUT2D eigenvalue weighted by Crippen LogP contribution is 2.32. The fourth-order valence-electron chi connectivity index (χ4n) is 2.03. The second-order valence-electron chi connectivity index (χ2n) is 4.22. The minimum Gasteiger partial charge on any atom is -0.477 e. The van der Waals surface area contributed by atoms with Gasteiger partial charge in [-0.3, -0.25) is 0 Å². The first kappa shape index (κ1) is 15.7. The summed E-state index contributed by atoms with van der Waals surface area (Å²) < 4.78 is 15.0. The van der Waals surface area contributed by atoms with E-state index in [4.69, 9.17) is 19.5 Å². The van der Waals surface area contributed by atoms with Gasteiger partial charge in [0.1, 0.15) is 5.52 Å². The van der Waals surface area contributed by atoms with Gasteiger partial charge in [0.05, 0.1) is 38.1 Å². The molecule has 0 amide bonds. The van der Waals surface area contributed by atoms with Crippen LogP contribution in [-0.2, 0) is 9.73 Å². The zero-order valence-electron chi connectivity index (χ0n) is 12.5. The van der Waals surface area contributed by atoms with E-state index in [0.29, 0.717) is 16.8 Å². The second-order valence-corrected chi connectivity index (χ2v) is 4.22. The first-order valence-corrected chi connectivity index (χ1v) is 6.15. The summed E-state index contributed by atoms with van der Waals surface area (Å²) >= 11 is 0. The Balaban J connectivity index is 2.85. The summed E-state index contributed by atoms with van der Waals surface area (Å²) in [4.78, 5) is 24.5. The highest BCUT2D eigenvalue weighted by molar-refractivity contribution is 6.05. The number of carbonyl (C=O) groups excluding carboxylic acids is 1. The predicted molar refractivity (Wildman–Crippen MR) is 76.1 cm³/mol. The van der Waals surface area contributed by atoms with Gasteiger partial charge < -0.3 is 14.2 Å². The molecule has 0 fully saturated rings. The molecule has 0 radical (unpaired) electrons. The maximum Gasteiger partial charge on any atom is 0.340 e. The molecule has 0 unspecified atom stereocenters. The van der Waals surface area contributed by atoms with Crippen LogP contribution in [-0.4, -0.2) is 42.5 Å². The van der Waals surface area contributed by atoms with Crippen LogP contribution in [0.1, 0.15) is 15.9 Å². The Kier molecular flexibility index (Phi) is 4.59. The summed E-state index contributed by atoms with van der Waals surface area (Å²) in [7, 11) is 4.09. The molecule has 2 N–H and O–H groups in total. The van der Waals surface area contributed by atoms with E-state index < -0.39 is 5.97 Å². The largest absolute Gasteiger partial charge is 0.477 e. The maximum atomic E-state index is 12.1. The molecule has 0 aliphatic rings. The Morgan fingerprint density at radius 3 is 2.36 bits per heavy atom. The van der Waals surface area contributed by atoms with Gasteiger partial charge in [-0.05, 0) is 18.6 Å². The Bertz CT molecular complexity index is 719. The Morgan fingerprint density at radius 2 is 1.82 bits per heavy atom. The molecular formula is C13H15N3O6. The van der Waals surface area contributed by atoms with Crippen LogP contribution in [0.25, 0.3) is 11.0 Å². The van der Waals surface area contributed by atoms with Crippen molar-refractivity contribution < 1.29 is 29.3 Å². The minimum absolute atomic E-state index is 0.138. The molecule has 0 bridgehead atoms. The number of aromatic nitrogens is 2. The van der Waals surface area contributed by atoms with Gasteiger partial charge in [0.15, 0.2) is 0 Å². The number of nitrogens with one attached hydrogen (secondary N) is 1. The van der Waals surface area contributed by atoms with Gasteiger partial charge in [-0.1, -0.05) is 0 Å². The van der Waals surface area contributed by atoms with Crippen LogP contribution >= 0.6 is 0 Å². The highest BCUT2D eigenvalue weighted by Gasteiger charge is 2.22. The van der Waals surface area contributed by atoms with Crippen molar-refractivity contribution in [3.8, 4) is 11.8 Å². The van der Waals surface area contributed by atoms with Crippen LogP contribution in [0.15, 0.2) is 6.07 Å². The highest BCUT2D eigenvalue weighted by atomic mass is 17.2. The molecular weight excluding hydrogens is 294 g/mol. The molecule has 9 heteroatoms. The average Bonchev–Trinajstić information content (AvgIpc) is 2.54. The number of rotatable bonds is 5. The fraction of sp³-hybridized carbons (Fsp3) is 0.308. The summed E-state index contributed by atoms with van der Waals surface area (Å²) in [5, 5.41) is 8.58. The zero-order chi connectivity index (χ0) is 16.3. The normalized spacial score (nSPS) is 10.4. The lowest BCUT2D eigenvalue weighted by Gasteiger charge is -2.14. The minimum atomic E-state index is -0.606. The molecule has 0 atom stereocenters. The topological polar surface area (TPSA) is 112 Å². The van der Waals surface area contributed by atoms with Crippen LogP contribution in [0.5, 0.6) is 11.8 Å². The number of esters is 1. The van der Waals surface area contributed by atoms with E-state index in [2.05, 4.69) is 20.4 Å². The van der Waals surface area contributed by atoms with E-state index in [9.17, 15) is 4.79 Å². The number of hydrogen-bond donors (Lipinski definition) is 2. The quantitative estimate of drug-likeness (QED) is 0.482. The Hall–Kier alpha value is -2.65. The van der Waals surface area contributed by atoms with Crippen molar-refractivity contribution in [1.29, 1.82) is 0 Å². The molecule has 22 heavy (non-hydrogen) atoms. The SMILES string of the molecule is COC(=O)c1c(C)c(NOO)cc2nc(OC)c(OC)nc12. The number of nitrogens with zero attached hydrogens (tertiary/aromatic N) is 2. The zero-order valence-corrected chi connectivity index (χ0v) is 12.5. The smallest absolute Gasteiger partial charge is 0.340 e. The van der Waals surface area contributed by atoms with Crippen LogP contribution in [0.4, 0.5) is 5.69 Å². The molecule has 0 aliphatic heterocycles. The summed E-state index contributed by atoms with van der Waals surface area (Å²) in [5.74, 6) is -0.310. The Morgan fingerprint density at radius 1 is 1.18 bits per heavy atom. The Labute approximate surface area is 125 Å². The van der Waals surface area contributed by atoms with Crippen molar-refractivity contribution in [3.05, 3.63) is 17.2 Å². The first-order valence-electron chi connectivity index (χ1n) is 6.15. The number of hydrogen-bond acceptors (Lipinski definition) is 9. The van der Waals surface area contributed by atoms with E-state index >= 15 is 0 Å². The maximum absolute atomic E-state index is 12.1. The summed E-state index contributed by atoms with van der Waals surface area (Å²) in [5.41, 5.74) is 3.85.